The van der Waals surface area contributed by atoms with Gasteiger partial charge in [0.1, 0.15) is 6.10 Å². The summed E-state index contributed by atoms with van der Waals surface area (Å²) in [6, 6.07) is 12.1. The summed E-state index contributed by atoms with van der Waals surface area (Å²) in [7, 11) is 0. The van der Waals surface area contributed by atoms with Gasteiger partial charge in [0.05, 0.1) is 24.1 Å². The molecule has 0 fully saturated rings. The fourth-order valence-corrected chi connectivity index (χ4v) is 3.90. The van der Waals surface area contributed by atoms with Crippen molar-refractivity contribution in [3.63, 3.8) is 0 Å². The largest absolute Gasteiger partial charge is 0.386 e. The van der Waals surface area contributed by atoms with E-state index in [9.17, 15) is 5.11 Å². The zero-order chi connectivity index (χ0) is 19.5. The summed E-state index contributed by atoms with van der Waals surface area (Å²) >= 11 is 0. The van der Waals surface area contributed by atoms with Gasteiger partial charge in [-0.3, -0.25) is 14.3 Å². The van der Waals surface area contributed by atoms with Crippen molar-refractivity contribution in [2.45, 2.75) is 59.0 Å². The Morgan fingerprint density at radius 1 is 1.18 bits per heavy atom. The Bertz CT molecular complexity index is 914. The number of benzene rings is 1. The number of hydrogen-bond acceptors (Lipinski definition) is 4. The van der Waals surface area contributed by atoms with E-state index in [0.717, 1.165) is 50.4 Å². The summed E-state index contributed by atoms with van der Waals surface area (Å²) in [5.74, 6) is 0. The number of aryl methyl sites for hydroxylation is 1. The Hall–Kier alpha value is -2.44. The van der Waals surface area contributed by atoms with Gasteiger partial charge in [-0.15, -0.1) is 0 Å². The van der Waals surface area contributed by atoms with Crippen LogP contribution in [0.5, 0.6) is 0 Å². The number of nitrogens with zero attached hydrogens (tertiary/aromatic N) is 5. The van der Waals surface area contributed by atoms with E-state index in [0.29, 0.717) is 6.42 Å². The van der Waals surface area contributed by atoms with Crippen molar-refractivity contribution in [1.29, 1.82) is 0 Å². The lowest BCUT2D eigenvalue weighted by molar-refractivity contribution is 0.171. The van der Waals surface area contributed by atoms with Gasteiger partial charge in [-0.2, -0.15) is 10.2 Å². The zero-order valence-electron chi connectivity index (χ0n) is 16.8. The summed E-state index contributed by atoms with van der Waals surface area (Å²) in [6.07, 6.45) is 3.13. The normalized spacial score (nSPS) is 15.5. The van der Waals surface area contributed by atoms with Crippen LogP contribution in [0.4, 0.5) is 0 Å². The van der Waals surface area contributed by atoms with Crippen molar-refractivity contribution >= 4 is 0 Å². The lowest BCUT2D eigenvalue weighted by Gasteiger charge is -2.27. The minimum atomic E-state index is -0.566. The molecule has 0 unspecified atom stereocenters. The molecule has 0 saturated heterocycles. The van der Waals surface area contributed by atoms with Gasteiger partial charge in [-0.25, -0.2) is 0 Å². The van der Waals surface area contributed by atoms with Crippen molar-refractivity contribution in [1.82, 2.24) is 24.5 Å². The highest BCUT2D eigenvalue weighted by molar-refractivity contribution is 5.21. The Labute approximate surface area is 166 Å². The van der Waals surface area contributed by atoms with Gasteiger partial charge in [0.25, 0.3) is 0 Å². The second-order valence-corrected chi connectivity index (χ2v) is 7.68. The van der Waals surface area contributed by atoms with Crippen LogP contribution >= 0.6 is 0 Å². The van der Waals surface area contributed by atoms with E-state index in [-0.39, 0.29) is 0 Å². The van der Waals surface area contributed by atoms with E-state index in [1.54, 1.807) is 0 Å². The molecule has 0 aliphatic carbocycles. The average molecular weight is 380 g/mol. The Morgan fingerprint density at radius 2 is 2.00 bits per heavy atom. The molecule has 28 heavy (non-hydrogen) atoms. The predicted octanol–water partition coefficient (Wildman–Crippen LogP) is 3.09. The maximum Gasteiger partial charge on any atom is 0.102 e. The van der Waals surface area contributed by atoms with Gasteiger partial charge in [0.2, 0.25) is 0 Å². The third-order valence-electron chi connectivity index (χ3n) is 5.54. The number of aliphatic hydroxyl groups is 1. The molecule has 6 heteroatoms. The van der Waals surface area contributed by atoms with Crippen LogP contribution in [0.2, 0.25) is 0 Å². The van der Waals surface area contributed by atoms with Gasteiger partial charge in [-0.05, 0) is 25.0 Å². The van der Waals surface area contributed by atoms with Crippen molar-refractivity contribution in [3.05, 3.63) is 70.8 Å². The van der Waals surface area contributed by atoms with Gasteiger partial charge in [-0.1, -0.05) is 37.3 Å². The van der Waals surface area contributed by atoms with Crippen LogP contribution in [0.15, 0.2) is 42.6 Å². The van der Waals surface area contributed by atoms with E-state index in [2.05, 4.69) is 39.7 Å². The third-order valence-corrected chi connectivity index (χ3v) is 5.54. The molecule has 0 spiro atoms. The minimum Gasteiger partial charge on any atom is -0.386 e. The van der Waals surface area contributed by atoms with Crippen LogP contribution in [-0.2, 0) is 32.6 Å². The topological polar surface area (TPSA) is 59.1 Å². The zero-order valence-corrected chi connectivity index (χ0v) is 16.8. The average Bonchev–Trinajstić information content (AvgIpc) is 3.27. The van der Waals surface area contributed by atoms with E-state index < -0.39 is 6.10 Å². The van der Waals surface area contributed by atoms with Gasteiger partial charge in [0.15, 0.2) is 0 Å². The fraction of sp³-hybridized carbons (Fsp3) is 0.455. The quantitative estimate of drug-likeness (QED) is 0.685. The Balaban J connectivity index is 1.42. The summed E-state index contributed by atoms with van der Waals surface area (Å²) in [5.41, 5.74) is 5.63. The van der Waals surface area contributed by atoms with Crippen molar-refractivity contribution in [3.8, 4) is 0 Å². The molecule has 1 aliphatic rings. The van der Waals surface area contributed by atoms with Crippen molar-refractivity contribution in [2.24, 2.45) is 0 Å². The smallest absolute Gasteiger partial charge is 0.102 e. The van der Waals surface area contributed by atoms with E-state index in [1.807, 2.05) is 41.2 Å². The second-order valence-electron chi connectivity index (χ2n) is 7.68. The van der Waals surface area contributed by atoms with Gasteiger partial charge >= 0.3 is 0 Å². The highest BCUT2D eigenvalue weighted by Gasteiger charge is 2.22. The standard InChI is InChI=1S/C22H29N5O/c1-3-9-26-17(2)19(14-23-26)15-25-10-11-27-20(16-25)13-21(24-27)22(28)12-18-7-5-4-6-8-18/h4-8,13-14,22,28H,3,9-12,15-16H2,1-2H3/t22-/m1/s1. The van der Waals surface area contributed by atoms with Crippen molar-refractivity contribution < 1.29 is 5.11 Å². The monoisotopic (exact) mass is 379 g/mol. The first-order chi connectivity index (χ1) is 13.6. The predicted molar refractivity (Wildman–Crippen MR) is 109 cm³/mol. The molecule has 3 aromatic rings. The number of hydrogen-bond donors (Lipinski definition) is 1. The lowest BCUT2D eigenvalue weighted by Crippen LogP contribution is -2.33. The molecule has 0 amide bonds. The van der Waals surface area contributed by atoms with Gasteiger partial charge in [0, 0.05) is 43.9 Å². The minimum absolute atomic E-state index is 0.566. The molecule has 1 aliphatic heterocycles. The SMILES string of the molecule is CCCn1ncc(CN2CCn3nc([C@H](O)Cc4ccccc4)cc3C2)c1C. The third kappa shape index (κ3) is 4.03. The summed E-state index contributed by atoms with van der Waals surface area (Å²) in [6.45, 7) is 8.88. The summed E-state index contributed by atoms with van der Waals surface area (Å²) < 4.78 is 4.15. The Kier molecular flexibility index (Phi) is 5.59. The molecule has 6 nitrogen and oxygen atoms in total. The van der Waals surface area contributed by atoms with E-state index in [1.165, 1.54) is 17.0 Å². The molecular formula is C22H29N5O. The highest BCUT2D eigenvalue weighted by atomic mass is 16.3. The van der Waals surface area contributed by atoms with E-state index in [4.69, 9.17) is 0 Å². The first kappa shape index (κ1) is 18.9. The molecule has 148 valence electrons. The molecule has 0 radical (unpaired) electrons. The van der Waals surface area contributed by atoms with Crippen LogP contribution in [0, 0.1) is 6.92 Å². The molecule has 4 rings (SSSR count). The van der Waals surface area contributed by atoms with Crippen LogP contribution < -0.4 is 0 Å². The van der Waals surface area contributed by atoms with Crippen LogP contribution in [0.25, 0.3) is 0 Å². The molecule has 3 heterocycles. The van der Waals surface area contributed by atoms with Crippen LogP contribution in [0.1, 0.15) is 47.7 Å². The lowest BCUT2D eigenvalue weighted by atomic mass is 10.1. The van der Waals surface area contributed by atoms with Crippen LogP contribution in [0.3, 0.4) is 0 Å². The maximum absolute atomic E-state index is 10.6. The number of fused-ring (bicyclic) bond motifs is 1. The van der Waals surface area contributed by atoms with Gasteiger partial charge < -0.3 is 5.11 Å². The molecular weight excluding hydrogens is 350 g/mol. The van der Waals surface area contributed by atoms with E-state index >= 15 is 0 Å². The van der Waals surface area contributed by atoms with Crippen molar-refractivity contribution in [2.75, 3.05) is 6.54 Å². The first-order valence-corrected chi connectivity index (χ1v) is 10.2. The molecule has 2 aromatic heterocycles. The summed E-state index contributed by atoms with van der Waals surface area (Å²) in [5, 5.41) is 19.8. The molecule has 0 saturated carbocycles. The first-order valence-electron chi connectivity index (χ1n) is 10.2. The summed E-state index contributed by atoms with van der Waals surface area (Å²) in [4.78, 5) is 2.44. The number of rotatable bonds is 7. The maximum atomic E-state index is 10.6. The molecule has 1 atom stereocenters. The Morgan fingerprint density at radius 3 is 2.79 bits per heavy atom. The number of aliphatic hydroxyl groups excluding tert-OH is 1. The number of aromatic nitrogens is 4. The second kappa shape index (κ2) is 8.29. The molecule has 1 aromatic carbocycles. The van der Waals surface area contributed by atoms with Crippen LogP contribution in [-0.4, -0.2) is 36.1 Å². The molecule has 0 bridgehead atoms. The molecule has 1 N–H and O–H groups in total. The highest BCUT2D eigenvalue weighted by Crippen LogP contribution is 2.22. The fourth-order valence-electron chi connectivity index (χ4n) is 3.90.